The van der Waals surface area contributed by atoms with Gasteiger partial charge in [-0.05, 0) is 37.0 Å². The van der Waals surface area contributed by atoms with Crippen molar-refractivity contribution in [2.24, 2.45) is 5.92 Å². The summed E-state index contributed by atoms with van der Waals surface area (Å²) in [4.78, 5) is 14.2. The molecule has 1 fully saturated rings. The van der Waals surface area contributed by atoms with Crippen LogP contribution in [0.15, 0.2) is 22.6 Å². The molecular weight excluding hydrogens is 349 g/mol. The van der Waals surface area contributed by atoms with Crippen LogP contribution in [-0.4, -0.2) is 38.8 Å². The Kier molecular flexibility index (Phi) is 4.30. The lowest BCUT2D eigenvalue weighted by atomic mass is 10.0. The average molecular weight is 368 g/mol. The summed E-state index contributed by atoms with van der Waals surface area (Å²) in [5.41, 5.74) is -0.00309. The highest BCUT2D eigenvalue weighted by Crippen LogP contribution is 2.39. The SMILES string of the molecule is O=C1NCCN(CC[C@H]2CCOC2)c2c1oc1ccc(C(F)(F)F)cc21. The molecule has 2 aromatic rings. The van der Waals surface area contributed by atoms with Crippen molar-refractivity contribution in [3.8, 4) is 0 Å². The summed E-state index contributed by atoms with van der Waals surface area (Å²) in [5, 5.41) is 3.07. The molecule has 1 atom stereocenters. The quantitative estimate of drug-likeness (QED) is 0.902. The van der Waals surface area contributed by atoms with Gasteiger partial charge in [-0.1, -0.05) is 0 Å². The van der Waals surface area contributed by atoms with E-state index < -0.39 is 17.6 Å². The minimum absolute atomic E-state index is 0.0829. The van der Waals surface area contributed by atoms with E-state index in [0.717, 1.165) is 31.6 Å². The molecule has 1 saturated heterocycles. The fraction of sp³-hybridized carbons (Fsp3) is 0.500. The molecule has 4 rings (SSSR count). The number of hydrogen-bond acceptors (Lipinski definition) is 4. The Balaban J connectivity index is 1.74. The lowest BCUT2D eigenvalue weighted by Crippen LogP contribution is -2.31. The van der Waals surface area contributed by atoms with E-state index in [1.165, 1.54) is 6.07 Å². The summed E-state index contributed by atoms with van der Waals surface area (Å²) in [6.07, 6.45) is -2.60. The summed E-state index contributed by atoms with van der Waals surface area (Å²) in [6, 6.07) is 3.33. The number of benzene rings is 1. The van der Waals surface area contributed by atoms with Crippen LogP contribution in [0.3, 0.4) is 0 Å². The fourth-order valence-electron chi connectivity index (χ4n) is 3.60. The number of nitrogens with zero attached hydrogens (tertiary/aromatic N) is 1. The Labute approximate surface area is 148 Å². The van der Waals surface area contributed by atoms with Gasteiger partial charge in [-0.3, -0.25) is 4.79 Å². The van der Waals surface area contributed by atoms with E-state index in [-0.39, 0.29) is 11.3 Å². The van der Waals surface area contributed by atoms with Crippen LogP contribution in [0.5, 0.6) is 0 Å². The van der Waals surface area contributed by atoms with Crippen molar-refractivity contribution in [3.05, 3.63) is 29.5 Å². The van der Waals surface area contributed by atoms with Gasteiger partial charge in [0.25, 0.3) is 5.91 Å². The van der Waals surface area contributed by atoms with Gasteiger partial charge < -0.3 is 19.4 Å². The predicted molar refractivity (Wildman–Crippen MR) is 89.3 cm³/mol. The van der Waals surface area contributed by atoms with Crippen molar-refractivity contribution in [1.82, 2.24) is 5.32 Å². The van der Waals surface area contributed by atoms with E-state index in [4.69, 9.17) is 9.15 Å². The topological polar surface area (TPSA) is 54.7 Å². The van der Waals surface area contributed by atoms with Crippen LogP contribution in [0, 0.1) is 5.92 Å². The van der Waals surface area contributed by atoms with E-state index in [1.54, 1.807) is 0 Å². The van der Waals surface area contributed by atoms with Crippen molar-refractivity contribution in [2.75, 3.05) is 37.7 Å². The van der Waals surface area contributed by atoms with E-state index >= 15 is 0 Å². The van der Waals surface area contributed by atoms with Crippen molar-refractivity contribution >= 4 is 22.6 Å². The van der Waals surface area contributed by atoms with Gasteiger partial charge in [0, 0.05) is 38.2 Å². The first-order valence-corrected chi connectivity index (χ1v) is 8.68. The number of fused-ring (bicyclic) bond motifs is 3. The Morgan fingerprint density at radius 1 is 1.31 bits per heavy atom. The van der Waals surface area contributed by atoms with Gasteiger partial charge in [-0.25, -0.2) is 0 Å². The van der Waals surface area contributed by atoms with Crippen LogP contribution in [0.1, 0.15) is 29.0 Å². The zero-order valence-electron chi connectivity index (χ0n) is 14.1. The first kappa shape index (κ1) is 17.2. The van der Waals surface area contributed by atoms with Gasteiger partial charge in [-0.2, -0.15) is 13.2 Å². The maximum Gasteiger partial charge on any atom is 0.416 e. The zero-order chi connectivity index (χ0) is 18.3. The smallest absolute Gasteiger partial charge is 0.416 e. The van der Waals surface area contributed by atoms with Crippen molar-refractivity contribution in [3.63, 3.8) is 0 Å². The van der Waals surface area contributed by atoms with Gasteiger partial charge in [0.2, 0.25) is 5.76 Å². The van der Waals surface area contributed by atoms with Crippen molar-refractivity contribution in [2.45, 2.75) is 19.0 Å². The number of carbonyl (C=O) groups excluding carboxylic acids is 1. The molecule has 0 saturated carbocycles. The molecule has 0 spiro atoms. The monoisotopic (exact) mass is 368 g/mol. The largest absolute Gasteiger partial charge is 0.449 e. The minimum Gasteiger partial charge on any atom is -0.449 e. The van der Waals surface area contributed by atoms with Crippen LogP contribution in [0.25, 0.3) is 11.0 Å². The van der Waals surface area contributed by atoms with Crippen LogP contribution in [0.4, 0.5) is 18.9 Å². The van der Waals surface area contributed by atoms with Gasteiger partial charge in [0.05, 0.1) is 11.3 Å². The third-order valence-electron chi connectivity index (χ3n) is 5.01. The number of alkyl halides is 3. The van der Waals surface area contributed by atoms with Crippen LogP contribution in [-0.2, 0) is 10.9 Å². The number of rotatable bonds is 3. The van der Waals surface area contributed by atoms with Gasteiger partial charge in [0.15, 0.2) is 0 Å². The third-order valence-corrected chi connectivity index (χ3v) is 5.01. The fourth-order valence-corrected chi connectivity index (χ4v) is 3.60. The van der Waals surface area contributed by atoms with Crippen molar-refractivity contribution < 1.29 is 27.1 Å². The second-order valence-electron chi connectivity index (χ2n) is 6.75. The average Bonchev–Trinajstić information content (AvgIpc) is 3.21. The molecule has 0 unspecified atom stereocenters. The van der Waals surface area contributed by atoms with Crippen LogP contribution >= 0.6 is 0 Å². The number of hydrogen-bond donors (Lipinski definition) is 1. The summed E-state index contributed by atoms with van der Waals surface area (Å²) < 4.78 is 50.4. The predicted octanol–water partition coefficient (Wildman–Crippen LogP) is 3.43. The van der Waals surface area contributed by atoms with Crippen molar-refractivity contribution in [1.29, 1.82) is 0 Å². The summed E-state index contributed by atoms with van der Waals surface area (Å²) >= 11 is 0. The highest BCUT2D eigenvalue weighted by Gasteiger charge is 2.33. The molecule has 2 aliphatic rings. The van der Waals surface area contributed by atoms with Crippen LogP contribution in [0.2, 0.25) is 0 Å². The molecule has 5 nitrogen and oxygen atoms in total. The maximum absolute atomic E-state index is 13.1. The van der Waals surface area contributed by atoms with Crippen LogP contribution < -0.4 is 10.2 Å². The van der Waals surface area contributed by atoms with E-state index in [0.29, 0.717) is 43.2 Å². The molecule has 140 valence electrons. The summed E-state index contributed by atoms with van der Waals surface area (Å²) in [6.45, 7) is 3.05. The molecular formula is C18H19F3N2O3. The molecule has 0 bridgehead atoms. The zero-order valence-corrected chi connectivity index (χ0v) is 14.1. The number of anilines is 1. The van der Waals surface area contributed by atoms with E-state index in [1.807, 2.05) is 4.90 Å². The molecule has 0 aliphatic carbocycles. The first-order valence-electron chi connectivity index (χ1n) is 8.68. The Bertz CT molecular complexity index is 825. The number of amides is 1. The number of furan rings is 1. The lowest BCUT2D eigenvalue weighted by Gasteiger charge is -2.24. The Hall–Kier alpha value is -2.22. The van der Waals surface area contributed by atoms with E-state index in [9.17, 15) is 18.0 Å². The normalized spacial score (nSPS) is 21.0. The Morgan fingerprint density at radius 3 is 2.88 bits per heavy atom. The lowest BCUT2D eigenvalue weighted by molar-refractivity contribution is -0.137. The standard InChI is InChI=1S/C18H19F3N2O3/c19-18(20,21)12-1-2-14-13(9-12)15-16(26-14)17(24)22-5-7-23(15)6-3-11-4-8-25-10-11/h1-2,9,11H,3-8,10H2,(H,22,24)/t11-/m0/s1. The molecule has 2 aliphatic heterocycles. The molecule has 0 radical (unpaired) electrons. The second kappa shape index (κ2) is 6.50. The maximum atomic E-state index is 13.1. The summed E-state index contributed by atoms with van der Waals surface area (Å²) in [5.74, 6) is 0.130. The molecule has 1 aromatic heterocycles. The van der Waals surface area contributed by atoms with Gasteiger partial charge in [-0.15, -0.1) is 0 Å². The number of ether oxygens (including phenoxy) is 1. The highest BCUT2D eigenvalue weighted by molar-refractivity contribution is 6.07. The molecule has 3 heterocycles. The molecule has 1 aromatic carbocycles. The van der Waals surface area contributed by atoms with Gasteiger partial charge >= 0.3 is 6.18 Å². The third kappa shape index (κ3) is 3.13. The van der Waals surface area contributed by atoms with Gasteiger partial charge in [0.1, 0.15) is 5.58 Å². The second-order valence-corrected chi connectivity index (χ2v) is 6.75. The van der Waals surface area contributed by atoms with E-state index in [2.05, 4.69) is 5.32 Å². The summed E-state index contributed by atoms with van der Waals surface area (Å²) in [7, 11) is 0. The minimum atomic E-state index is -4.45. The number of halogens is 3. The number of nitrogens with one attached hydrogen (secondary N) is 1. The molecule has 26 heavy (non-hydrogen) atoms. The number of carbonyl (C=O) groups is 1. The Morgan fingerprint density at radius 2 is 2.15 bits per heavy atom. The highest BCUT2D eigenvalue weighted by atomic mass is 19.4. The molecule has 8 heteroatoms. The first-order chi connectivity index (χ1) is 12.4. The molecule has 1 amide bonds. The molecule has 1 N–H and O–H groups in total.